The number of thiophene rings is 1. The predicted octanol–water partition coefficient (Wildman–Crippen LogP) is 5.42. The second-order valence-corrected chi connectivity index (χ2v) is 9.01. The van der Waals surface area contributed by atoms with Gasteiger partial charge in [0.25, 0.3) is 11.8 Å². The van der Waals surface area contributed by atoms with Gasteiger partial charge in [0.05, 0.1) is 11.1 Å². The Bertz CT molecular complexity index is 900. The minimum Gasteiger partial charge on any atom is -0.339 e. The maximum Gasteiger partial charge on any atom is 0.259 e. The number of halogens is 1. The molecule has 0 atom stereocenters. The zero-order chi connectivity index (χ0) is 20.2. The Kier molecular flexibility index (Phi) is 6.28. The van der Waals surface area contributed by atoms with Gasteiger partial charge in [-0.3, -0.25) is 9.59 Å². The van der Waals surface area contributed by atoms with Crippen LogP contribution in [0.15, 0.2) is 24.3 Å². The summed E-state index contributed by atoms with van der Waals surface area (Å²) in [4.78, 5) is 29.4. The van der Waals surface area contributed by atoms with Crippen LogP contribution >= 0.6 is 11.3 Å². The molecule has 29 heavy (non-hydrogen) atoms. The Hall–Kier alpha value is -2.21. The van der Waals surface area contributed by atoms with E-state index in [2.05, 4.69) is 5.32 Å². The Morgan fingerprint density at radius 1 is 0.931 bits per heavy atom. The van der Waals surface area contributed by atoms with Crippen molar-refractivity contribution in [1.82, 2.24) is 4.90 Å². The van der Waals surface area contributed by atoms with E-state index in [-0.39, 0.29) is 11.5 Å². The van der Waals surface area contributed by atoms with Gasteiger partial charge in [0.2, 0.25) is 0 Å². The first-order chi connectivity index (χ1) is 14.1. The van der Waals surface area contributed by atoms with Crippen molar-refractivity contribution >= 4 is 28.2 Å². The van der Waals surface area contributed by atoms with Gasteiger partial charge in [0, 0.05) is 18.0 Å². The third-order valence-corrected chi connectivity index (χ3v) is 7.08. The van der Waals surface area contributed by atoms with Crippen molar-refractivity contribution in [2.24, 2.45) is 0 Å². The molecule has 1 aliphatic carbocycles. The van der Waals surface area contributed by atoms with Crippen LogP contribution in [0.3, 0.4) is 0 Å². The van der Waals surface area contributed by atoms with Crippen LogP contribution in [0.2, 0.25) is 0 Å². The van der Waals surface area contributed by atoms with Crippen LogP contribution in [0.1, 0.15) is 76.1 Å². The van der Waals surface area contributed by atoms with Gasteiger partial charge in [-0.15, -0.1) is 11.3 Å². The Morgan fingerprint density at radius 3 is 2.38 bits per heavy atom. The number of nitrogens with zero attached hydrogens (tertiary/aromatic N) is 1. The van der Waals surface area contributed by atoms with E-state index in [9.17, 15) is 14.0 Å². The summed E-state index contributed by atoms with van der Waals surface area (Å²) in [6.45, 7) is 1.54. The topological polar surface area (TPSA) is 49.4 Å². The smallest absolute Gasteiger partial charge is 0.259 e. The first-order valence-electron chi connectivity index (χ1n) is 10.6. The molecule has 2 aliphatic rings. The molecule has 0 radical (unpaired) electrons. The maximum atomic E-state index is 14.1. The van der Waals surface area contributed by atoms with Gasteiger partial charge >= 0.3 is 0 Å². The van der Waals surface area contributed by atoms with Crippen molar-refractivity contribution < 1.29 is 14.0 Å². The Labute approximate surface area is 175 Å². The summed E-state index contributed by atoms with van der Waals surface area (Å²) in [5.74, 6) is -1.02. The van der Waals surface area contributed by atoms with E-state index in [4.69, 9.17) is 0 Å². The molecule has 0 spiro atoms. The predicted molar refractivity (Wildman–Crippen MR) is 114 cm³/mol. The molecule has 0 saturated carbocycles. The maximum absolute atomic E-state index is 14.1. The van der Waals surface area contributed by atoms with Crippen LogP contribution in [0.25, 0.3) is 0 Å². The fourth-order valence-corrected chi connectivity index (χ4v) is 5.58. The number of carbonyl (C=O) groups excluding carboxylic acids is 2. The SMILES string of the molecule is O=C(Nc1sc2c(c1C(=O)N1CCCCCC1)CCCCC2)c1ccccc1F. The number of fused-ring (bicyclic) bond motifs is 1. The third-order valence-electron chi connectivity index (χ3n) is 5.87. The minimum atomic E-state index is -0.552. The van der Waals surface area contributed by atoms with Gasteiger partial charge in [-0.05, 0) is 56.2 Å². The number of anilines is 1. The standard InChI is InChI=1S/C23H27FN2O2S/c24-18-12-7-6-10-16(18)21(27)25-22-20(17-11-4-3-5-13-19(17)29-22)23(28)26-14-8-1-2-9-15-26/h6-7,10,12H,1-5,8-9,11,13-15H2,(H,25,27). The van der Waals surface area contributed by atoms with Gasteiger partial charge in [-0.1, -0.05) is 31.4 Å². The van der Waals surface area contributed by atoms with Gasteiger partial charge in [-0.2, -0.15) is 0 Å². The Morgan fingerprint density at radius 2 is 1.62 bits per heavy atom. The average Bonchev–Trinajstić information content (AvgIpc) is 2.94. The van der Waals surface area contributed by atoms with Crippen LogP contribution in [-0.4, -0.2) is 29.8 Å². The number of aryl methyl sites for hydroxylation is 1. The number of rotatable bonds is 3. The molecular weight excluding hydrogens is 387 g/mol. The van der Waals surface area contributed by atoms with Gasteiger partial charge in [0.1, 0.15) is 10.8 Å². The van der Waals surface area contributed by atoms with E-state index in [1.165, 1.54) is 28.3 Å². The van der Waals surface area contributed by atoms with Crippen molar-refractivity contribution in [1.29, 1.82) is 0 Å². The van der Waals surface area contributed by atoms with E-state index in [0.29, 0.717) is 10.6 Å². The average molecular weight is 415 g/mol. The fraction of sp³-hybridized carbons (Fsp3) is 0.478. The summed E-state index contributed by atoms with van der Waals surface area (Å²) >= 11 is 1.50. The molecule has 1 aromatic heterocycles. The molecule has 4 nitrogen and oxygen atoms in total. The van der Waals surface area contributed by atoms with Crippen molar-refractivity contribution in [2.75, 3.05) is 18.4 Å². The van der Waals surface area contributed by atoms with Gasteiger partial charge in [0.15, 0.2) is 0 Å². The molecule has 0 unspecified atom stereocenters. The molecule has 4 rings (SSSR count). The largest absolute Gasteiger partial charge is 0.339 e. The van der Waals surface area contributed by atoms with E-state index < -0.39 is 11.7 Å². The quantitative estimate of drug-likeness (QED) is 0.682. The summed E-state index contributed by atoms with van der Waals surface area (Å²) in [5, 5.41) is 3.46. The van der Waals surface area contributed by atoms with Gasteiger partial charge < -0.3 is 10.2 Å². The highest BCUT2D eigenvalue weighted by molar-refractivity contribution is 7.17. The normalized spacial score (nSPS) is 17.2. The molecule has 2 heterocycles. The van der Waals surface area contributed by atoms with E-state index in [0.717, 1.165) is 76.4 Å². The summed E-state index contributed by atoms with van der Waals surface area (Å²) < 4.78 is 14.1. The molecule has 6 heteroatoms. The van der Waals surface area contributed by atoms with E-state index in [1.807, 2.05) is 4.90 Å². The van der Waals surface area contributed by atoms with Crippen LogP contribution in [0, 0.1) is 5.82 Å². The number of hydrogen-bond acceptors (Lipinski definition) is 3. The Balaban J connectivity index is 1.68. The number of likely N-dealkylation sites (tertiary alicyclic amines) is 1. The second-order valence-electron chi connectivity index (χ2n) is 7.91. The molecule has 1 aromatic carbocycles. The summed E-state index contributed by atoms with van der Waals surface area (Å²) in [5.41, 5.74) is 1.76. The number of carbonyl (C=O) groups is 2. The lowest BCUT2D eigenvalue weighted by Crippen LogP contribution is -2.33. The lowest BCUT2D eigenvalue weighted by molar-refractivity contribution is 0.0762. The number of hydrogen-bond donors (Lipinski definition) is 1. The van der Waals surface area contributed by atoms with Crippen molar-refractivity contribution in [2.45, 2.75) is 57.8 Å². The molecule has 154 valence electrons. The molecule has 0 bridgehead atoms. The summed E-state index contributed by atoms with van der Waals surface area (Å²) in [7, 11) is 0. The zero-order valence-corrected chi connectivity index (χ0v) is 17.5. The molecule has 1 saturated heterocycles. The second kappa shape index (κ2) is 9.08. The van der Waals surface area contributed by atoms with Crippen molar-refractivity contribution in [3.8, 4) is 0 Å². The third kappa shape index (κ3) is 4.37. The molecular formula is C23H27FN2O2S. The summed E-state index contributed by atoms with van der Waals surface area (Å²) in [6, 6.07) is 5.96. The minimum absolute atomic E-state index is 0.00395. The van der Waals surface area contributed by atoms with E-state index >= 15 is 0 Å². The first-order valence-corrected chi connectivity index (χ1v) is 11.5. The molecule has 2 aromatic rings. The van der Waals surface area contributed by atoms with Crippen LogP contribution in [-0.2, 0) is 12.8 Å². The van der Waals surface area contributed by atoms with Gasteiger partial charge in [-0.25, -0.2) is 4.39 Å². The molecule has 1 fully saturated rings. The number of amides is 2. The first kappa shape index (κ1) is 20.1. The molecule has 1 N–H and O–H groups in total. The highest BCUT2D eigenvalue weighted by atomic mass is 32.1. The zero-order valence-electron chi connectivity index (χ0n) is 16.6. The monoisotopic (exact) mass is 414 g/mol. The highest BCUT2D eigenvalue weighted by Gasteiger charge is 2.29. The molecule has 1 aliphatic heterocycles. The fourth-order valence-electron chi connectivity index (χ4n) is 4.30. The van der Waals surface area contributed by atoms with Crippen molar-refractivity contribution in [3.05, 3.63) is 51.7 Å². The van der Waals surface area contributed by atoms with E-state index in [1.54, 1.807) is 12.1 Å². The number of nitrogens with one attached hydrogen (secondary N) is 1. The van der Waals surface area contributed by atoms with Crippen LogP contribution in [0.4, 0.5) is 9.39 Å². The van der Waals surface area contributed by atoms with Crippen molar-refractivity contribution in [3.63, 3.8) is 0 Å². The highest BCUT2D eigenvalue weighted by Crippen LogP contribution is 2.38. The molecule has 2 amide bonds. The number of benzene rings is 1. The lowest BCUT2D eigenvalue weighted by atomic mass is 10.0. The lowest BCUT2D eigenvalue weighted by Gasteiger charge is -2.21. The van der Waals surface area contributed by atoms with Crippen LogP contribution < -0.4 is 5.32 Å². The summed E-state index contributed by atoms with van der Waals surface area (Å²) in [6.07, 6.45) is 9.49. The van der Waals surface area contributed by atoms with Crippen LogP contribution in [0.5, 0.6) is 0 Å².